The predicted molar refractivity (Wildman–Crippen MR) is 172 cm³/mol. The molecule has 0 aromatic heterocycles. The molecule has 4 aromatic carbocycles. The Morgan fingerprint density at radius 3 is 1.53 bits per heavy atom. The monoisotopic (exact) mass is 647 g/mol. The molecule has 4 aromatic rings. The number of rotatable bonds is 6. The van der Waals surface area contributed by atoms with Crippen LogP contribution in [0, 0.1) is 5.92 Å². The summed E-state index contributed by atoms with van der Waals surface area (Å²) < 4.78 is 6.31. The van der Waals surface area contributed by atoms with E-state index in [0.29, 0.717) is 43.2 Å². The lowest BCUT2D eigenvalue weighted by Crippen LogP contribution is -2.34. The zero-order valence-electron chi connectivity index (χ0n) is 22.8. The minimum atomic E-state index is -1.44. The molecular weight excluding hydrogens is 624 g/mol. The van der Waals surface area contributed by atoms with Crippen molar-refractivity contribution in [3.63, 3.8) is 0 Å². The number of hydrogen-bond acceptors (Lipinski definition) is 3. The van der Waals surface area contributed by atoms with Gasteiger partial charge in [0.1, 0.15) is 5.57 Å². The molecule has 4 nitrogen and oxygen atoms in total. The number of amides is 1. The summed E-state index contributed by atoms with van der Waals surface area (Å²) in [6.07, 6.45) is 2.23. The number of carbonyl (C=O) groups is 2. The molecule has 1 atom stereocenters. The predicted octanol–water partition coefficient (Wildman–Crippen LogP) is 9.18. The molecule has 0 bridgehead atoms. The molecule has 1 heterocycles. The molecule has 1 saturated carbocycles. The van der Waals surface area contributed by atoms with E-state index in [9.17, 15) is 9.59 Å². The molecule has 1 aliphatic heterocycles. The SMILES string of the molecule is NC(=O)C1=C(C2CCCC2=C(c2ccc(Cl)cc2)c2ccc(Cl)cc2)C(c2ccc(Cl)cc2)(c2ccc(Cl)cc2)OC1=O. The van der Waals surface area contributed by atoms with Crippen molar-refractivity contribution in [2.75, 3.05) is 0 Å². The number of esters is 1. The maximum atomic E-state index is 13.7. The van der Waals surface area contributed by atoms with Gasteiger partial charge in [-0.15, -0.1) is 0 Å². The number of carbonyl (C=O) groups excluding carboxylic acids is 2. The number of hydrogen-bond donors (Lipinski definition) is 1. The van der Waals surface area contributed by atoms with Crippen LogP contribution in [0.3, 0.4) is 0 Å². The van der Waals surface area contributed by atoms with Gasteiger partial charge in [0.2, 0.25) is 0 Å². The normalized spacial score (nSPS) is 17.7. The van der Waals surface area contributed by atoms with Crippen molar-refractivity contribution in [3.05, 3.63) is 156 Å². The fourth-order valence-corrected chi connectivity index (χ4v) is 6.89. The first kappa shape index (κ1) is 29.5. The lowest BCUT2D eigenvalue weighted by Gasteiger charge is -2.36. The minimum absolute atomic E-state index is 0.138. The van der Waals surface area contributed by atoms with Crippen LogP contribution in [-0.2, 0) is 19.9 Å². The van der Waals surface area contributed by atoms with E-state index in [1.165, 1.54) is 0 Å². The Morgan fingerprint density at radius 1 is 0.698 bits per heavy atom. The van der Waals surface area contributed by atoms with Gasteiger partial charge in [-0.3, -0.25) is 4.79 Å². The topological polar surface area (TPSA) is 69.4 Å². The van der Waals surface area contributed by atoms with Gasteiger partial charge in [0.05, 0.1) is 0 Å². The second kappa shape index (κ2) is 11.9. The van der Waals surface area contributed by atoms with Crippen LogP contribution in [0.1, 0.15) is 41.5 Å². The van der Waals surface area contributed by atoms with Crippen LogP contribution >= 0.6 is 46.4 Å². The highest BCUT2D eigenvalue weighted by Gasteiger charge is 2.55. The number of halogens is 4. The average Bonchev–Trinajstić information content (AvgIpc) is 3.58. The van der Waals surface area contributed by atoms with Gasteiger partial charge in [0, 0.05) is 42.7 Å². The summed E-state index contributed by atoms with van der Waals surface area (Å²) in [6, 6.07) is 29.5. The van der Waals surface area contributed by atoms with Crippen molar-refractivity contribution in [2.24, 2.45) is 11.7 Å². The van der Waals surface area contributed by atoms with Crippen LogP contribution in [0.2, 0.25) is 20.1 Å². The van der Waals surface area contributed by atoms with E-state index in [1.807, 2.05) is 72.8 Å². The fraction of sp³-hybridized carbons (Fsp3) is 0.143. The summed E-state index contributed by atoms with van der Waals surface area (Å²) >= 11 is 25.1. The molecule has 6 rings (SSSR count). The molecular formula is C35H25Cl4NO3. The molecule has 2 N–H and O–H groups in total. The first-order valence-corrected chi connectivity index (χ1v) is 15.2. The van der Waals surface area contributed by atoms with Crippen LogP contribution in [-0.4, -0.2) is 11.9 Å². The molecule has 1 unspecified atom stereocenters. The Bertz CT molecular complexity index is 1680. The van der Waals surface area contributed by atoms with Crippen molar-refractivity contribution in [2.45, 2.75) is 24.9 Å². The zero-order valence-corrected chi connectivity index (χ0v) is 25.8. The Hall–Kier alpha value is -3.54. The van der Waals surface area contributed by atoms with Crippen molar-refractivity contribution in [1.82, 2.24) is 0 Å². The molecule has 8 heteroatoms. The van der Waals surface area contributed by atoms with E-state index in [4.69, 9.17) is 56.9 Å². The van der Waals surface area contributed by atoms with E-state index < -0.39 is 17.5 Å². The lowest BCUT2D eigenvalue weighted by molar-refractivity contribution is -0.145. The molecule has 1 amide bonds. The average molecular weight is 649 g/mol. The minimum Gasteiger partial charge on any atom is -0.441 e. The van der Waals surface area contributed by atoms with Crippen molar-refractivity contribution in [3.8, 4) is 0 Å². The van der Waals surface area contributed by atoms with Crippen molar-refractivity contribution >= 4 is 63.9 Å². The number of nitrogens with two attached hydrogens (primary N) is 1. The van der Waals surface area contributed by atoms with E-state index in [1.54, 1.807) is 24.3 Å². The number of ether oxygens (including phenoxy) is 1. The zero-order chi connectivity index (χ0) is 30.3. The molecule has 1 aliphatic carbocycles. The van der Waals surface area contributed by atoms with Gasteiger partial charge < -0.3 is 10.5 Å². The van der Waals surface area contributed by atoms with Gasteiger partial charge >= 0.3 is 5.97 Å². The first-order chi connectivity index (χ1) is 20.7. The van der Waals surface area contributed by atoms with Crippen LogP contribution in [0.15, 0.2) is 114 Å². The third kappa shape index (κ3) is 5.38. The highest BCUT2D eigenvalue weighted by molar-refractivity contribution is 6.31. The van der Waals surface area contributed by atoms with E-state index in [2.05, 4.69) is 0 Å². The van der Waals surface area contributed by atoms with Gasteiger partial charge in [-0.2, -0.15) is 0 Å². The molecule has 0 radical (unpaired) electrons. The standard InChI is InChI=1S/C35H25Cl4NO3/c36-24-12-4-20(5-13-24)30(21-6-14-25(37)15-7-21)28-2-1-3-29(28)32-31(33(40)41)34(42)43-35(32,22-8-16-26(38)17-9-22)23-10-18-27(39)19-11-23/h4-19,29H,1-3H2,(H2,40,41). The van der Waals surface area contributed by atoms with Gasteiger partial charge in [0.15, 0.2) is 5.60 Å². The van der Waals surface area contributed by atoms with Crippen molar-refractivity contribution in [1.29, 1.82) is 0 Å². The summed E-state index contributed by atoms with van der Waals surface area (Å²) in [7, 11) is 0. The first-order valence-electron chi connectivity index (χ1n) is 13.7. The van der Waals surface area contributed by atoms with Gasteiger partial charge in [-0.25, -0.2) is 4.79 Å². The Balaban J connectivity index is 1.68. The smallest absolute Gasteiger partial charge is 0.345 e. The van der Waals surface area contributed by atoms with Crippen LogP contribution in [0.4, 0.5) is 0 Å². The number of cyclic esters (lactones) is 1. The number of benzene rings is 4. The summed E-state index contributed by atoms with van der Waals surface area (Å²) in [5, 5.41) is 2.28. The third-order valence-corrected chi connectivity index (χ3v) is 9.15. The molecule has 2 aliphatic rings. The second-order valence-electron chi connectivity index (χ2n) is 10.6. The largest absolute Gasteiger partial charge is 0.441 e. The summed E-state index contributed by atoms with van der Waals surface area (Å²) in [5.74, 6) is -1.96. The quantitative estimate of drug-likeness (QED) is 0.167. The van der Waals surface area contributed by atoms with E-state index in [-0.39, 0.29) is 11.5 Å². The second-order valence-corrected chi connectivity index (χ2v) is 12.3. The number of allylic oxidation sites excluding steroid dienone is 1. The molecule has 216 valence electrons. The summed E-state index contributed by atoms with van der Waals surface area (Å²) in [5.41, 5.74) is 10.1. The summed E-state index contributed by atoms with van der Waals surface area (Å²) in [4.78, 5) is 26.8. The highest BCUT2D eigenvalue weighted by Crippen LogP contribution is 2.56. The summed E-state index contributed by atoms with van der Waals surface area (Å²) in [6.45, 7) is 0. The van der Waals surface area contributed by atoms with Gasteiger partial charge in [-0.05, 0) is 84.5 Å². The Kier molecular flexibility index (Phi) is 8.14. The van der Waals surface area contributed by atoms with Crippen molar-refractivity contribution < 1.29 is 14.3 Å². The van der Waals surface area contributed by atoms with Crippen LogP contribution in [0.25, 0.3) is 5.57 Å². The van der Waals surface area contributed by atoms with E-state index >= 15 is 0 Å². The molecule has 1 fully saturated rings. The fourth-order valence-electron chi connectivity index (χ4n) is 6.38. The highest BCUT2D eigenvalue weighted by atomic mass is 35.5. The van der Waals surface area contributed by atoms with E-state index in [0.717, 1.165) is 35.1 Å². The maximum Gasteiger partial charge on any atom is 0.345 e. The Morgan fingerprint density at radius 2 is 1.12 bits per heavy atom. The van der Waals surface area contributed by atoms with Gasteiger partial charge in [-0.1, -0.05) is 101 Å². The lowest BCUT2D eigenvalue weighted by atomic mass is 9.71. The number of primary amides is 1. The maximum absolute atomic E-state index is 13.7. The molecule has 0 saturated heterocycles. The molecule has 43 heavy (non-hydrogen) atoms. The Labute approximate surface area is 269 Å². The van der Waals surface area contributed by atoms with Gasteiger partial charge in [0.25, 0.3) is 5.91 Å². The molecule has 0 spiro atoms. The van der Waals surface area contributed by atoms with Crippen LogP contribution in [0.5, 0.6) is 0 Å². The third-order valence-electron chi connectivity index (χ3n) is 8.14. The van der Waals surface area contributed by atoms with Crippen LogP contribution < -0.4 is 5.73 Å².